The number of thiophene rings is 1. The number of carbonyl (C=O) groups excluding carboxylic acids is 2. The summed E-state index contributed by atoms with van der Waals surface area (Å²) in [5.74, 6) is -0.357. The summed E-state index contributed by atoms with van der Waals surface area (Å²) in [5, 5.41) is 2.79. The second-order valence-corrected chi connectivity index (χ2v) is 6.85. The van der Waals surface area contributed by atoms with Crippen LogP contribution in [-0.4, -0.2) is 36.3 Å². The van der Waals surface area contributed by atoms with E-state index in [9.17, 15) is 14.0 Å². The molecule has 0 radical (unpaired) electrons. The standard InChI is InChI=1S/C18H19FN2O2S/c19-14-5-3-13(4-6-14)15-7-8-16(24-15)18(23)20-10-9-17(22)21-11-1-2-12-21/h3-8H,1-2,9-12H2,(H,20,23). The van der Waals surface area contributed by atoms with Crippen LogP contribution in [0.15, 0.2) is 36.4 Å². The van der Waals surface area contributed by atoms with Gasteiger partial charge in [-0.05, 0) is 42.7 Å². The van der Waals surface area contributed by atoms with E-state index in [0.29, 0.717) is 17.8 Å². The lowest BCUT2D eigenvalue weighted by molar-refractivity contribution is -0.129. The van der Waals surface area contributed by atoms with Gasteiger partial charge in [-0.1, -0.05) is 12.1 Å². The molecule has 3 rings (SSSR count). The summed E-state index contributed by atoms with van der Waals surface area (Å²) in [6.45, 7) is 2.01. The second-order valence-electron chi connectivity index (χ2n) is 5.76. The zero-order valence-corrected chi connectivity index (χ0v) is 14.1. The summed E-state index contributed by atoms with van der Waals surface area (Å²) in [7, 11) is 0. The van der Waals surface area contributed by atoms with E-state index in [1.54, 1.807) is 18.2 Å². The van der Waals surface area contributed by atoms with Crippen molar-refractivity contribution in [2.75, 3.05) is 19.6 Å². The van der Waals surface area contributed by atoms with Gasteiger partial charge >= 0.3 is 0 Å². The number of halogens is 1. The molecule has 0 aliphatic carbocycles. The number of likely N-dealkylation sites (tertiary alicyclic amines) is 1. The topological polar surface area (TPSA) is 49.4 Å². The number of hydrogen-bond donors (Lipinski definition) is 1. The Morgan fingerprint density at radius 3 is 2.50 bits per heavy atom. The Bertz CT molecular complexity index is 721. The number of amides is 2. The van der Waals surface area contributed by atoms with Crippen LogP contribution in [0.5, 0.6) is 0 Å². The molecule has 1 aromatic carbocycles. The summed E-state index contributed by atoms with van der Waals surface area (Å²) in [5.41, 5.74) is 0.879. The monoisotopic (exact) mass is 346 g/mol. The van der Waals surface area contributed by atoms with Crippen molar-refractivity contribution in [1.29, 1.82) is 0 Å². The molecule has 1 saturated heterocycles. The lowest BCUT2D eigenvalue weighted by atomic mass is 10.2. The zero-order chi connectivity index (χ0) is 16.9. The van der Waals surface area contributed by atoms with E-state index in [2.05, 4.69) is 5.32 Å². The maximum absolute atomic E-state index is 13.0. The molecule has 24 heavy (non-hydrogen) atoms. The van der Waals surface area contributed by atoms with E-state index < -0.39 is 0 Å². The fourth-order valence-electron chi connectivity index (χ4n) is 2.72. The van der Waals surface area contributed by atoms with Crippen molar-refractivity contribution in [1.82, 2.24) is 10.2 Å². The van der Waals surface area contributed by atoms with Crippen LogP contribution in [-0.2, 0) is 4.79 Å². The third-order valence-electron chi connectivity index (χ3n) is 4.04. The van der Waals surface area contributed by atoms with Gasteiger partial charge in [-0.25, -0.2) is 4.39 Å². The van der Waals surface area contributed by atoms with Crippen LogP contribution in [0, 0.1) is 5.82 Å². The molecule has 0 atom stereocenters. The Labute approximate surface area is 144 Å². The van der Waals surface area contributed by atoms with Gasteiger partial charge in [0, 0.05) is 30.9 Å². The molecule has 0 unspecified atom stereocenters. The van der Waals surface area contributed by atoms with Crippen LogP contribution in [0.25, 0.3) is 10.4 Å². The molecule has 1 fully saturated rings. The summed E-state index contributed by atoms with van der Waals surface area (Å²) in [6, 6.07) is 9.79. The van der Waals surface area contributed by atoms with Crippen molar-refractivity contribution in [3.8, 4) is 10.4 Å². The van der Waals surface area contributed by atoms with Crippen LogP contribution >= 0.6 is 11.3 Å². The first-order valence-corrected chi connectivity index (χ1v) is 8.87. The van der Waals surface area contributed by atoms with Crippen molar-refractivity contribution in [3.05, 3.63) is 47.1 Å². The molecule has 0 spiro atoms. The number of nitrogens with one attached hydrogen (secondary N) is 1. The largest absolute Gasteiger partial charge is 0.351 e. The maximum Gasteiger partial charge on any atom is 0.261 e. The minimum Gasteiger partial charge on any atom is -0.351 e. The van der Waals surface area contributed by atoms with Gasteiger partial charge in [0.15, 0.2) is 0 Å². The molecule has 1 aromatic heterocycles. The van der Waals surface area contributed by atoms with E-state index in [4.69, 9.17) is 0 Å². The highest BCUT2D eigenvalue weighted by Crippen LogP contribution is 2.28. The van der Waals surface area contributed by atoms with Gasteiger partial charge < -0.3 is 10.2 Å². The smallest absolute Gasteiger partial charge is 0.261 e. The van der Waals surface area contributed by atoms with Crippen molar-refractivity contribution >= 4 is 23.2 Å². The maximum atomic E-state index is 13.0. The fraction of sp³-hybridized carbons (Fsp3) is 0.333. The molecule has 2 amide bonds. The number of benzene rings is 1. The van der Waals surface area contributed by atoms with Crippen molar-refractivity contribution in [3.63, 3.8) is 0 Å². The van der Waals surface area contributed by atoms with E-state index in [0.717, 1.165) is 36.4 Å². The van der Waals surface area contributed by atoms with Gasteiger partial charge in [0.05, 0.1) is 4.88 Å². The molecule has 0 saturated carbocycles. The van der Waals surface area contributed by atoms with E-state index in [1.807, 2.05) is 11.0 Å². The van der Waals surface area contributed by atoms with Crippen LogP contribution < -0.4 is 5.32 Å². The van der Waals surface area contributed by atoms with Crippen LogP contribution in [0.2, 0.25) is 0 Å². The molecule has 126 valence electrons. The Morgan fingerprint density at radius 1 is 1.08 bits per heavy atom. The SMILES string of the molecule is O=C(NCCC(=O)N1CCCC1)c1ccc(-c2ccc(F)cc2)s1. The summed E-state index contributed by atoms with van der Waals surface area (Å²) in [4.78, 5) is 27.4. The Kier molecular flexibility index (Phi) is 5.25. The molecule has 4 nitrogen and oxygen atoms in total. The molecule has 2 heterocycles. The first-order valence-electron chi connectivity index (χ1n) is 8.05. The Hall–Kier alpha value is -2.21. The van der Waals surface area contributed by atoms with Gasteiger partial charge in [-0.3, -0.25) is 9.59 Å². The predicted molar refractivity (Wildman–Crippen MR) is 92.5 cm³/mol. The average Bonchev–Trinajstić information content (AvgIpc) is 3.27. The summed E-state index contributed by atoms with van der Waals surface area (Å²) in [6.07, 6.45) is 2.47. The molecule has 1 N–H and O–H groups in total. The van der Waals surface area contributed by atoms with Gasteiger partial charge in [0.25, 0.3) is 5.91 Å². The number of rotatable bonds is 5. The normalized spacial score (nSPS) is 14.0. The minimum atomic E-state index is -0.282. The lowest BCUT2D eigenvalue weighted by Gasteiger charge is -2.14. The predicted octanol–water partition coefficient (Wildman–Crippen LogP) is 3.30. The minimum absolute atomic E-state index is 0.103. The molecule has 6 heteroatoms. The number of carbonyl (C=O) groups is 2. The second kappa shape index (κ2) is 7.57. The molecule has 1 aliphatic rings. The third kappa shape index (κ3) is 4.00. The first-order chi connectivity index (χ1) is 11.6. The average molecular weight is 346 g/mol. The van der Waals surface area contributed by atoms with Gasteiger partial charge in [0.2, 0.25) is 5.91 Å². The van der Waals surface area contributed by atoms with Crippen LogP contribution in [0.1, 0.15) is 28.9 Å². The first kappa shape index (κ1) is 16.6. The van der Waals surface area contributed by atoms with Gasteiger partial charge in [-0.15, -0.1) is 11.3 Å². The molecule has 0 bridgehead atoms. The van der Waals surface area contributed by atoms with Gasteiger partial charge in [-0.2, -0.15) is 0 Å². The molecule has 2 aromatic rings. The van der Waals surface area contributed by atoms with Crippen LogP contribution in [0.3, 0.4) is 0 Å². The van der Waals surface area contributed by atoms with Gasteiger partial charge in [0.1, 0.15) is 5.82 Å². The quantitative estimate of drug-likeness (QED) is 0.903. The molecule has 1 aliphatic heterocycles. The highest BCUT2D eigenvalue weighted by Gasteiger charge is 2.18. The van der Waals surface area contributed by atoms with E-state index in [1.165, 1.54) is 23.5 Å². The molecular formula is C18H19FN2O2S. The van der Waals surface area contributed by atoms with E-state index in [-0.39, 0.29) is 17.6 Å². The van der Waals surface area contributed by atoms with Crippen molar-refractivity contribution in [2.24, 2.45) is 0 Å². The van der Waals surface area contributed by atoms with E-state index >= 15 is 0 Å². The van der Waals surface area contributed by atoms with Crippen molar-refractivity contribution in [2.45, 2.75) is 19.3 Å². The summed E-state index contributed by atoms with van der Waals surface area (Å²) < 4.78 is 13.0. The highest BCUT2D eigenvalue weighted by molar-refractivity contribution is 7.17. The Balaban J connectivity index is 1.52. The van der Waals surface area contributed by atoms with Crippen LogP contribution in [0.4, 0.5) is 4.39 Å². The fourth-order valence-corrected chi connectivity index (χ4v) is 3.65. The lowest BCUT2D eigenvalue weighted by Crippen LogP contribution is -2.32. The summed E-state index contributed by atoms with van der Waals surface area (Å²) >= 11 is 1.35. The number of hydrogen-bond acceptors (Lipinski definition) is 3. The third-order valence-corrected chi connectivity index (χ3v) is 5.17. The van der Waals surface area contributed by atoms with Crippen molar-refractivity contribution < 1.29 is 14.0 Å². The zero-order valence-electron chi connectivity index (χ0n) is 13.3. The Morgan fingerprint density at radius 2 is 1.79 bits per heavy atom. The highest BCUT2D eigenvalue weighted by atomic mass is 32.1. The molecular weight excluding hydrogens is 327 g/mol. The number of nitrogens with zero attached hydrogens (tertiary/aromatic N) is 1.